The average molecular weight is 239 g/mol. The van der Waals surface area contributed by atoms with E-state index in [4.69, 9.17) is 0 Å². The minimum absolute atomic E-state index is 0.776. The standard InChI is InChI=1S/C16H33N/c1-6-7-14(5)11-17-16-10-13(4)8-9-15(16)12(2)3/h12-17H,6-11H2,1-5H3. The van der Waals surface area contributed by atoms with Crippen LogP contribution in [0.2, 0.25) is 0 Å². The summed E-state index contributed by atoms with van der Waals surface area (Å²) in [6.45, 7) is 13.1. The van der Waals surface area contributed by atoms with E-state index in [-0.39, 0.29) is 0 Å². The topological polar surface area (TPSA) is 12.0 Å². The molecule has 4 unspecified atom stereocenters. The van der Waals surface area contributed by atoms with Crippen molar-refractivity contribution in [1.29, 1.82) is 0 Å². The van der Waals surface area contributed by atoms with Crippen LogP contribution in [-0.2, 0) is 0 Å². The second-order valence-corrected chi connectivity index (χ2v) is 6.73. The fourth-order valence-corrected chi connectivity index (χ4v) is 3.38. The highest BCUT2D eigenvalue weighted by Gasteiger charge is 2.30. The van der Waals surface area contributed by atoms with E-state index < -0.39 is 0 Å². The molecule has 0 heterocycles. The molecule has 0 aromatic rings. The number of nitrogens with one attached hydrogen (secondary N) is 1. The Balaban J connectivity index is 2.41. The van der Waals surface area contributed by atoms with Gasteiger partial charge in [0.2, 0.25) is 0 Å². The molecule has 0 saturated heterocycles. The highest BCUT2D eigenvalue weighted by atomic mass is 14.9. The van der Waals surface area contributed by atoms with Crippen LogP contribution in [0, 0.1) is 23.7 Å². The van der Waals surface area contributed by atoms with Crippen LogP contribution in [0.5, 0.6) is 0 Å². The van der Waals surface area contributed by atoms with Crippen LogP contribution in [0.4, 0.5) is 0 Å². The van der Waals surface area contributed by atoms with E-state index in [2.05, 4.69) is 39.9 Å². The van der Waals surface area contributed by atoms with Gasteiger partial charge in [-0.25, -0.2) is 0 Å². The molecule has 1 rings (SSSR count). The van der Waals surface area contributed by atoms with Gasteiger partial charge in [-0.3, -0.25) is 0 Å². The second-order valence-electron chi connectivity index (χ2n) is 6.73. The van der Waals surface area contributed by atoms with E-state index in [9.17, 15) is 0 Å². The van der Waals surface area contributed by atoms with Gasteiger partial charge in [0.05, 0.1) is 0 Å². The van der Waals surface area contributed by atoms with E-state index in [1.165, 1.54) is 38.6 Å². The first-order valence-corrected chi connectivity index (χ1v) is 7.77. The van der Waals surface area contributed by atoms with Gasteiger partial charge in [0, 0.05) is 6.04 Å². The van der Waals surface area contributed by atoms with Gasteiger partial charge in [0.1, 0.15) is 0 Å². The molecule has 1 N–H and O–H groups in total. The van der Waals surface area contributed by atoms with Crippen molar-refractivity contribution >= 4 is 0 Å². The maximum Gasteiger partial charge on any atom is 0.0100 e. The van der Waals surface area contributed by atoms with Crippen LogP contribution < -0.4 is 5.32 Å². The van der Waals surface area contributed by atoms with Gasteiger partial charge in [0.15, 0.2) is 0 Å². The lowest BCUT2D eigenvalue weighted by molar-refractivity contribution is 0.165. The zero-order valence-electron chi connectivity index (χ0n) is 12.6. The van der Waals surface area contributed by atoms with E-state index in [1.54, 1.807) is 0 Å². The van der Waals surface area contributed by atoms with Gasteiger partial charge in [0.25, 0.3) is 0 Å². The maximum atomic E-state index is 3.87. The first kappa shape index (κ1) is 15.0. The molecule has 0 amide bonds. The fraction of sp³-hybridized carbons (Fsp3) is 1.00. The van der Waals surface area contributed by atoms with Crippen molar-refractivity contribution in [3.8, 4) is 0 Å². The fourth-order valence-electron chi connectivity index (χ4n) is 3.38. The van der Waals surface area contributed by atoms with Gasteiger partial charge in [-0.15, -0.1) is 0 Å². The van der Waals surface area contributed by atoms with Gasteiger partial charge in [-0.05, 0) is 49.5 Å². The van der Waals surface area contributed by atoms with Crippen molar-refractivity contribution in [3.05, 3.63) is 0 Å². The summed E-state index contributed by atoms with van der Waals surface area (Å²) in [6.07, 6.45) is 6.94. The average Bonchev–Trinajstić information content (AvgIpc) is 2.26. The number of hydrogen-bond acceptors (Lipinski definition) is 1. The maximum absolute atomic E-state index is 3.87. The quantitative estimate of drug-likeness (QED) is 0.721. The lowest BCUT2D eigenvalue weighted by Gasteiger charge is -2.38. The first-order valence-electron chi connectivity index (χ1n) is 7.77. The molecule has 1 aliphatic carbocycles. The molecule has 1 fully saturated rings. The van der Waals surface area contributed by atoms with Crippen LogP contribution >= 0.6 is 0 Å². The van der Waals surface area contributed by atoms with Crippen LogP contribution in [-0.4, -0.2) is 12.6 Å². The molecule has 0 aromatic carbocycles. The van der Waals surface area contributed by atoms with E-state index in [0.717, 1.165) is 29.7 Å². The van der Waals surface area contributed by atoms with Crippen LogP contribution in [0.25, 0.3) is 0 Å². The summed E-state index contributed by atoms with van der Waals surface area (Å²) < 4.78 is 0. The minimum atomic E-state index is 0.776. The van der Waals surface area contributed by atoms with Gasteiger partial charge >= 0.3 is 0 Å². The predicted molar refractivity (Wildman–Crippen MR) is 77.2 cm³/mol. The van der Waals surface area contributed by atoms with Gasteiger partial charge < -0.3 is 5.32 Å². The molecular weight excluding hydrogens is 206 g/mol. The van der Waals surface area contributed by atoms with Crippen molar-refractivity contribution in [2.45, 2.75) is 72.8 Å². The van der Waals surface area contributed by atoms with Crippen LogP contribution in [0.15, 0.2) is 0 Å². The molecule has 1 nitrogen and oxygen atoms in total. The summed E-state index contributed by atoms with van der Waals surface area (Å²) >= 11 is 0. The molecule has 17 heavy (non-hydrogen) atoms. The summed E-state index contributed by atoms with van der Waals surface area (Å²) in [7, 11) is 0. The third-order valence-electron chi connectivity index (χ3n) is 4.53. The van der Waals surface area contributed by atoms with Crippen molar-refractivity contribution in [2.75, 3.05) is 6.54 Å². The minimum Gasteiger partial charge on any atom is -0.313 e. The normalized spacial score (nSPS) is 31.8. The molecule has 0 spiro atoms. The number of rotatable bonds is 6. The summed E-state index contributed by atoms with van der Waals surface area (Å²) in [5, 5.41) is 3.87. The van der Waals surface area contributed by atoms with Crippen molar-refractivity contribution in [2.24, 2.45) is 23.7 Å². The SMILES string of the molecule is CCCC(C)CNC1CC(C)CCC1C(C)C. The largest absolute Gasteiger partial charge is 0.313 e. The second kappa shape index (κ2) is 7.41. The molecular formula is C16H33N. The first-order chi connectivity index (χ1) is 8.04. The molecule has 0 aromatic heterocycles. The van der Waals surface area contributed by atoms with Crippen molar-refractivity contribution in [1.82, 2.24) is 5.32 Å². The van der Waals surface area contributed by atoms with E-state index in [0.29, 0.717) is 0 Å². The molecule has 0 radical (unpaired) electrons. The molecule has 1 saturated carbocycles. The highest BCUT2D eigenvalue weighted by Crippen LogP contribution is 2.33. The molecule has 1 aliphatic rings. The van der Waals surface area contributed by atoms with E-state index >= 15 is 0 Å². The lowest BCUT2D eigenvalue weighted by atomic mass is 9.74. The number of hydrogen-bond donors (Lipinski definition) is 1. The monoisotopic (exact) mass is 239 g/mol. The Labute approximate surface area is 109 Å². The summed E-state index contributed by atoms with van der Waals surface area (Å²) in [6, 6.07) is 0.776. The molecule has 102 valence electrons. The third-order valence-corrected chi connectivity index (χ3v) is 4.53. The Bertz CT molecular complexity index is 200. The van der Waals surface area contributed by atoms with Gasteiger partial charge in [-0.2, -0.15) is 0 Å². The van der Waals surface area contributed by atoms with Crippen molar-refractivity contribution < 1.29 is 0 Å². The van der Waals surface area contributed by atoms with Gasteiger partial charge in [-0.1, -0.05) is 47.5 Å². The summed E-state index contributed by atoms with van der Waals surface area (Å²) in [5.41, 5.74) is 0. The van der Waals surface area contributed by atoms with Crippen LogP contribution in [0.3, 0.4) is 0 Å². The highest BCUT2D eigenvalue weighted by molar-refractivity contribution is 4.85. The predicted octanol–water partition coefficient (Wildman–Crippen LogP) is 4.47. The smallest absolute Gasteiger partial charge is 0.0100 e. The van der Waals surface area contributed by atoms with Crippen LogP contribution in [0.1, 0.15) is 66.7 Å². The molecule has 0 aliphatic heterocycles. The zero-order valence-corrected chi connectivity index (χ0v) is 12.6. The Morgan fingerprint density at radius 3 is 2.47 bits per heavy atom. The van der Waals surface area contributed by atoms with Crippen molar-refractivity contribution in [3.63, 3.8) is 0 Å². The molecule has 4 atom stereocenters. The lowest BCUT2D eigenvalue weighted by Crippen LogP contribution is -2.44. The summed E-state index contributed by atoms with van der Waals surface area (Å²) in [5.74, 6) is 3.50. The Hall–Kier alpha value is -0.0400. The Morgan fingerprint density at radius 1 is 1.18 bits per heavy atom. The third kappa shape index (κ3) is 4.99. The zero-order chi connectivity index (χ0) is 12.8. The van der Waals surface area contributed by atoms with E-state index in [1.807, 2.05) is 0 Å². The molecule has 1 heteroatoms. The Morgan fingerprint density at radius 2 is 1.88 bits per heavy atom. The molecule has 0 bridgehead atoms. The summed E-state index contributed by atoms with van der Waals surface area (Å²) in [4.78, 5) is 0. The Kier molecular flexibility index (Phi) is 6.54.